The molecular weight excluding hydrogens is 356 g/mol. The van der Waals surface area contributed by atoms with E-state index in [0.717, 1.165) is 37.0 Å². The quantitative estimate of drug-likeness (QED) is 0.462. The third-order valence-electron chi connectivity index (χ3n) is 10.7. The number of carbonyl (C=O) groups is 1. The van der Waals surface area contributed by atoms with Gasteiger partial charge < -0.3 is 5.11 Å². The smallest absolute Gasteiger partial charge is 0.135 e. The zero-order chi connectivity index (χ0) is 20.7. The summed E-state index contributed by atoms with van der Waals surface area (Å²) in [7, 11) is 0. The molecule has 166 valence electrons. The van der Waals surface area contributed by atoms with Crippen molar-refractivity contribution in [2.45, 2.75) is 129 Å². The predicted molar refractivity (Wildman–Crippen MR) is 120 cm³/mol. The maximum absolute atomic E-state index is 12.1. The number of aliphatic hydroxyl groups is 1. The fourth-order valence-electron chi connectivity index (χ4n) is 8.79. The van der Waals surface area contributed by atoms with E-state index in [0.29, 0.717) is 30.0 Å². The summed E-state index contributed by atoms with van der Waals surface area (Å²) in [6.45, 7) is 7.28. The standard InChI is InChI=1S/C27H46O2/c1-4-5-6-7-8-9-10-20-11-12-23-22-14-18-27(29)19-21(28)13-17-26(27,3)24(22)15-16-25(20,23)2/h20,22-24,29H,4-19H2,1-3H3/t20?,22-,23-,24-,25+,26+,27-/m0/s1. The molecule has 4 saturated carbocycles. The number of unbranched alkanes of at least 4 members (excludes halogenated alkanes) is 5. The highest BCUT2D eigenvalue weighted by molar-refractivity contribution is 5.80. The van der Waals surface area contributed by atoms with Crippen molar-refractivity contribution in [1.29, 1.82) is 0 Å². The van der Waals surface area contributed by atoms with Gasteiger partial charge in [-0.1, -0.05) is 59.3 Å². The van der Waals surface area contributed by atoms with Crippen molar-refractivity contribution in [3.63, 3.8) is 0 Å². The van der Waals surface area contributed by atoms with Crippen LogP contribution in [0.3, 0.4) is 0 Å². The van der Waals surface area contributed by atoms with Crippen LogP contribution in [0.4, 0.5) is 0 Å². The predicted octanol–water partition coefficient (Wildman–Crippen LogP) is 7.08. The van der Waals surface area contributed by atoms with E-state index in [4.69, 9.17) is 0 Å². The molecule has 1 unspecified atom stereocenters. The Morgan fingerprint density at radius 2 is 1.66 bits per heavy atom. The Morgan fingerprint density at radius 1 is 0.897 bits per heavy atom. The normalized spacial score (nSPS) is 46.8. The topological polar surface area (TPSA) is 37.3 Å². The molecule has 0 bridgehead atoms. The molecule has 7 atom stereocenters. The Hall–Kier alpha value is -0.370. The van der Waals surface area contributed by atoms with Gasteiger partial charge >= 0.3 is 0 Å². The molecule has 0 radical (unpaired) electrons. The van der Waals surface area contributed by atoms with Crippen LogP contribution in [0.25, 0.3) is 0 Å². The van der Waals surface area contributed by atoms with Crippen LogP contribution in [0.15, 0.2) is 0 Å². The molecule has 0 saturated heterocycles. The summed E-state index contributed by atoms with van der Waals surface area (Å²) in [6, 6.07) is 0. The molecule has 4 aliphatic rings. The first-order chi connectivity index (χ1) is 13.8. The minimum Gasteiger partial charge on any atom is -0.389 e. The van der Waals surface area contributed by atoms with E-state index in [2.05, 4.69) is 20.8 Å². The van der Waals surface area contributed by atoms with E-state index in [9.17, 15) is 9.90 Å². The highest BCUT2D eigenvalue weighted by Gasteiger charge is 2.64. The largest absolute Gasteiger partial charge is 0.389 e. The zero-order valence-electron chi connectivity index (χ0n) is 19.5. The van der Waals surface area contributed by atoms with Crippen molar-refractivity contribution in [2.24, 2.45) is 34.5 Å². The number of Topliss-reactive ketones (excluding diaryl/α,β-unsaturated/α-hetero) is 1. The lowest BCUT2D eigenvalue weighted by Gasteiger charge is -2.63. The fraction of sp³-hybridized carbons (Fsp3) is 0.963. The van der Waals surface area contributed by atoms with Crippen LogP contribution in [0.5, 0.6) is 0 Å². The molecule has 0 spiro atoms. The molecule has 0 aromatic heterocycles. The van der Waals surface area contributed by atoms with Gasteiger partial charge in [-0.25, -0.2) is 0 Å². The lowest BCUT2D eigenvalue weighted by atomic mass is 9.43. The minimum absolute atomic E-state index is 0.0253. The van der Waals surface area contributed by atoms with Crippen LogP contribution in [-0.4, -0.2) is 16.5 Å². The van der Waals surface area contributed by atoms with Crippen molar-refractivity contribution in [2.75, 3.05) is 0 Å². The van der Waals surface area contributed by atoms with Crippen molar-refractivity contribution in [3.8, 4) is 0 Å². The van der Waals surface area contributed by atoms with Gasteiger partial charge in [0, 0.05) is 18.3 Å². The van der Waals surface area contributed by atoms with Crippen LogP contribution < -0.4 is 0 Å². The molecular formula is C27H46O2. The molecule has 0 amide bonds. The van der Waals surface area contributed by atoms with E-state index in [-0.39, 0.29) is 5.41 Å². The second-order valence-electron chi connectivity index (χ2n) is 12.0. The van der Waals surface area contributed by atoms with Gasteiger partial charge in [-0.05, 0) is 80.5 Å². The van der Waals surface area contributed by atoms with Crippen molar-refractivity contribution >= 4 is 5.78 Å². The minimum atomic E-state index is -0.715. The fourth-order valence-corrected chi connectivity index (χ4v) is 8.79. The molecule has 2 nitrogen and oxygen atoms in total. The lowest BCUT2D eigenvalue weighted by Crippen LogP contribution is -2.62. The second kappa shape index (κ2) is 8.29. The van der Waals surface area contributed by atoms with Crippen molar-refractivity contribution in [1.82, 2.24) is 0 Å². The monoisotopic (exact) mass is 402 g/mol. The maximum Gasteiger partial charge on any atom is 0.135 e. The first-order valence-electron chi connectivity index (χ1n) is 13.1. The van der Waals surface area contributed by atoms with Crippen LogP contribution >= 0.6 is 0 Å². The SMILES string of the molecule is CCCCCCCCC1CC[C@H]2[C@@H]3CC[C@]4(O)CC(=O)CC[C@]4(C)[C@H]3CC[C@]12C. The zero-order valence-corrected chi connectivity index (χ0v) is 19.5. The van der Waals surface area contributed by atoms with E-state index >= 15 is 0 Å². The van der Waals surface area contributed by atoms with E-state index in [1.54, 1.807) is 0 Å². The number of carbonyl (C=O) groups excluding carboxylic acids is 1. The van der Waals surface area contributed by atoms with E-state index < -0.39 is 5.60 Å². The highest BCUT2D eigenvalue weighted by atomic mass is 16.3. The summed E-state index contributed by atoms with van der Waals surface area (Å²) >= 11 is 0. The maximum atomic E-state index is 12.1. The molecule has 4 aliphatic carbocycles. The van der Waals surface area contributed by atoms with Crippen molar-refractivity contribution in [3.05, 3.63) is 0 Å². The molecule has 4 rings (SSSR count). The summed E-state index contributed by atoms with van der Waals surface area (Å²) in [6.07, 6.45) is 19.5. The van der Waals surface area contributed by atoms with Gasteiger partial charge in [-0.2, -0.15) is 0 Å². The molecule has 1 N–H and O–H groups in total. The van der Waals surface area contributed by atoms with Crippen LogP contribution in [-0.2, 0) is 4.79 Å². The van der Waals surface area contributed by atoms with Gasteiger partial charge in [0.1, 0.15) is 5.78 Å². The molecule has 0 aromatic carbocycles. The summed E-state index contributed by atoms with van der Waals surface area (Å²) in [5.74, 6) is 3.53. The molecule has 0 aliphatic heterocycles. The molecule has 0 aromatic rings. The first-order valence-corrected chi connectivity index (χ1v) is 13.1. The third kappa shape index (κ3) is 3.64. The number of hydrogen-bond acceptors (Lipinski definition) is 2. The van der Waals surface area contributed by atoms with Crippen molar-refractivity contribution < 1.29 is 9.90 Å². The van der Waals surface area contributed by atoms with E-state index in [1.807, 2.05) is 0 Å². The van der Waals surface area contributed by atoms with Crippen LogP contribution in [0.2, 0.25) is 0 Å². The molecule has 2 heteroatoms. The number of ketones is 1. The average molecular weight is 403 g/mol. The lowest BCUT2D eigenvalue weighted by molar-refractivity contribution is -0.203. The summed E-state index contributed by atoms with van der Waals surface area (Å²) in [5, 5.41) is 11.5. The first kappa shape index (κ1) is 21.8. The number of fused-ring (bicyclic) bond motifs is 5. The van der Waals surface area contributed by atoms with Gasteiger partial charge in [-0.15, -0.1) is 0 Å². The third-order valence-corrected chi connectivity index (χ3v) is 10.7. The molecule has 4 fully saturated rings. The summed E-state index contributed by atoms with van der Waals surface area (Å²) in [5.41, 5.74) is -0.197. The van der Waals surface area contributed by atoms with Gasteiger partial charge in [-0.3, -0.25) is 4.79 Å². The average Bonchev–Trinajstić information content (AvgIpc) is 3.02. The number of hydrogen-bond donors (Lipinski definition) is 1. The van der Waals surface area contributed by atoms with Gasteiger partial charge in [0.15, 0.2) is 0 Å². The van der Waals surface area contributed by atoms with Crippen LogP contribution in [0.1, 0.15) is 124 Å². The Bertz CT molecular complexity index is 599. The summed E-state index contributed by atoms with van der Waals surface area (Å²) in [4.78, 5) is 12.1. The summed E-state index contributed by atoms with van der Waals surface area (Å²) < 4.78 is 0. The Labute approximate surface area is 179 Å². The van der Waals surface area contributed by atoms with Gasteiger partial charge in [0.05, 0.1) is 5.60 Å². The Morgan fingerprint density at radius 3 is 2.45 bits per heavy atom. The van der Waals surface area contributed by atoms with E-state index in [1.165, 1.54) is 70.6 Å². The Balaban J connectivity index is 1.41. The molecule has 29 heavy (non-hydrogen) atoms. The van der Waals surface area contributed by atoms with Gasteiger partial charge in [0.25, 0.3) is 0 Å². The molecule has 0 heterocycles. The van der Waals surface area contributed by atoms with Gasteiger partial charge in [0.2, 0.25) is 0 Å². The highest BCUT2D eigenvalue weighted by Crippen LogP contribution is 2.68. The van der Waals surface area contributed by atoms with Crippen LogP contribution in [0, 0.1) is 34.5 Å². The second-order valence-corrected chi connectivity index (χ2v) is 12.0. The number of rotatable bonds is 7. The Kier molecular flexibility index (Phi) is 6.24.